The summed E-state index contributed by atoms with van der Waals surface area (Å²) in [7, 11) is 0. The summed E-state index contributed by atoms with van der Waals surface area (Å²) < 4.78 is 5.64. The van der Waals surface area contributed by atoms with Crippen LogP contribution in [0.3, 0.4) is 0 Å². The Hall–Kier alpha value is -1.26. The molecule has 98 valence electrons. The maximum absolute atomic E-state index is 11.6. The van der Waals surface area contributed by atoms with Gasteiger partial charge in [-0.15, -0.1) is 0 Å². The summed E-state index contributed by atoms with van der Waals surface area (Å²) in [5, 5.41) is 3.36. The van der Waals surface area contributed by atoms with Crippen molar-refractivity contribution < 1.29 is 9.53 Å². The van der Waals surface area contributed by atoms with E-state index < -0.39 is 5.54 Å². The van der Waals surface area contributed by atoms with E-state index in [9.17, 15) is 4.79 Å². The Bertz CT molecular complexity index is 446. The van der Waals surface area contributed by atoms with Gasteiger partial charge in [0.05, 0.1) is 17.1 Å². The van der Waals surface area contributed by atoms with Crippen LogP contribution in [0.4, 0.5) is 0 Å². The first-order chi connectivity index (χ1) is 8.51. The molecule has 1 atom stereocenters. The maximum atomic E-state index is 11.6. The predicted molar refractivity (Wildman–Crippen MR) is 70.7 cm³/mol. The lowest BCUT2D eigenvalue weighted by Crippen LogP contribution is -2.45. The highest BCUT2D eigenvalue weighted by molar-refractivity contribution is 6.32. The molecule has 0 aromatic heterocycles. The number of nitrogens with two attached hydrogens (primary N) is 1. The van der Waals surface area contributed by atoms with Gasteiger partial charge in [0.25, 0.3) is 0 Å². The Kier molecular flexibility index (Phi) is 3.78. The lowest BCUT2D eigenvalue weighted by atomic mass is 10.2. The first kappa shape index (κ1) is 13.2. The van der Waals surface area contributed by atoms with Crippen LogP contribution in [0.5, 0.6) is 5.75 Å². The molecule has 1 amide bonds. The second kappa shape index (κ2) is 5.16. The summed E-state index contributed by atoms with van der Waals surface area (Å²) in [5.74, 6) is 0.520. The Morgan fingerprint density at radius 1 is 1.56 bits per heavy atom. The summed E-state index contributed by atoms with van der Waals surface area (Å²) in [6, 6.07) is 7.26. The monoisotopic (exact) mass is 268 g/mol. The summed E-state index contributed by atoms with van der Waals surface area (Å²) in [5.41, 5.74) is 5.14. The van der Waals surface area contributed by atoms with Crippen molar-refractivity contribution in [3.8, 4) is 5.75 Å². The van der Waals surface area contributed by atoms with E-state index in [0.29, 0.717) is 17.3 Å². The zero-order chi connectivity index (χ0) is 13.2. The molecule has 1 aliphatic carbocycles. The Labute approximate surface area is 111 Å². The van der Waals surface area contributed by atoms with Gasteiger partial charge in [0, 0.05) is 0 Å². The fourth-order valence-corrected chi connectivity index (χ4v) is 1.75. The van der Waals surface area contributed by atoms with Crippen LogP contribution < -0.4 is 15.8 Å². The number of carbonyl (C=O) groups is 1. The third kappa shape index (κ3) is 3.15. The van der Waals surface area contributed by atoms with E-state index >= 15 is 0 Å². The molecule has 0 bridgehead atoms. The van der Waals surface area contributed by atoms with Crippen LogP contribution in [-0.2, 0) is 4.79 Å². The average molecular weight is 269 g/mol. The summed E-state index contributed by atoms with van der Waals surface area (Å²) in [4.78, 5) is 11.6. The second-order valence-electron chi connectivity index (χ2n) is 4.73. The fourth-order valence-electron chi connectivity index (χ4n) is 1.57. The first-order valence-electron chi connectivity index (χ1n) is 6.00. The molecule has 0 aliphatic heterocycles. The molecule has 3 N–H and O–H groups in total. The van der Waals surface area contributed by atoms with E-state index in [0.717, 1.165) is 12.8 Å². The van der Waals surface area contributed by atoms with Crippen molar-refractivity contribution in [3.63, 3.8) is 0 Å². The third-order valence-corrected chi connectivity index (χ3v) is 3.27. The molecule has 1 aliphatic rings. The number of benzene rings is 1. The molecule has 5 heteroatoms. The van der Waals surface area contributed by atoms with Crippen molar-refractivity contribution in [2.24, 2.45) is 5.73 Å². The second-order valence-corrected chi connectivity index (χ2v) is 5.13. The van der Waals surface area contributed by atoms with Crippen molar-refractivity contribution >= 4 is 17.5 Å². The van der Waals surface area contributed by atoms with Crippen LogP contribution in [0.2, 0.25) is 5.02 Å². The standard InChI is InChI=1S/C13H17ClN2O2/c1-9(8-16-12(17)13(15)6-7-13)18-11-5-3-2-4-10(11)14/h2-5,9H,6-8,15H2,1H3,(H,16,17). The molecule has 2 rings (SSSR count). The highest BCUT2D eigenvalue weighted by Crippen LogP contribution is 2.32. The molecule has 1 saturated carbocycles. The maximum Gasteiger partial charge on any atom is 0.240 e. The molecule has 0 saturated heterocycles. The zero-order valence-corrected chi connectivity index (χ0v) is 11.0. The molecule has 18 heavy (non-hydrogen) atoms. The van der Waals surface area contributed by atoms with Crippen molar-refractivity contribution in [1.82, 2.24) is 5.32 Å². The van der Waals surface area contributed by atoms with E-state index in [1.54, 1.807) is 12.1 Å². The number of hydrogen-bond donors (Lipinski definition) is 2. The molecular weight excluding hydrogens is 252 g/mol. The van der Waals surface area contributed by atoms with Gasteiger partial charge >= 0.3 is 0 Å². The van der Waals surface area contributed by atoms with Crippen LogP contribution in [0.1, 0.15) is 19.8 Å². The summed E-state index contributed by atoms with van der Waals surface area (Å²) in [6.45, 7) is 2.29. The average Bonchev–Trinajstić information content (AvgIpc) is 3.09. The smallest absolute Gasteiger partial charge is 0.240 e. The molecule has 0 spiro atoms. The van der Waals surface area contributed by atoms with Gasteiger partial charge in [0.2, 0.25) is 5.91 Å². The first-order valence-corrected chi connectivity index (χ1v) is 6.37. The van der Waals surface area contributed by atoms with Crippen LogP contribution in [0, 0.1) is 0 Å². The highest BCUT2D eigenvalue weighted by atomic mass is 35.5. The lowest BCUT2D eigenvalue weighted by Gasteiger charge is -2.17. The van der Waals surface area contributed by atoms with Crippen molar-refractivity contribution in [1.29, 1.82) is 0 Å². The molecule has 1 aromatic carbocycles. The Morgan fingerprint density at radius 2 is 2.22 bits per heavy atom. The number of carbonyl (C=O) groups excluding carboxylic acids is 1. The van der Waals surface area contributed by atoms with Crippen molar-refractivity contribution in [2.75, 3.05) is 6.54 Å². The van der Waals surface area contributed by atoms with Crippen LogP contribution >= 0.6 is 11.6 Å². The Balaban J connectivity index is 1.80. The highest BCUT2D eigenvalue weighted by Gasteiger charge is 2.45. The quantitative estimate of drug-likeness (QED) is 0.855. The van der Waals surface area contributed by atoms with E-state index in [1.807, 2.05) is 19.1 Å². The van der Waals surface area contributed by atoms with Gasteiger partial charge in [-0.25, -0.2) is 0 Å². The summed E-state index contributed by atoms with van der Waals surface area (Å²) >= 11 is 5.98. The number of amides is 1. The summed E-state index contributed by atoms with van der Waals surface area (Å²) in [6.07, 6.45) is 1.37. The molecule has 0 radical (unpaired) electrons. The van der Waals surface area contributed by atoms with Crippen LogP contribution in [-0.4, -0.2) is 24.1 Å². The molecule has 4 nitrogen and oxygen atoms in total. The van der Waals surface area contributed by atoms with Gasteiger partial charge in [-0.3, -0.25) is 4.79 Å². The molecule has 1 unspecified atom stereocenters. The minimum absolute atomic E-state index is 0.0999. The normalized spacial score (nSPS) is 17.9. The number of ether oxygens (including phenoxy) is 1. The van der Waals surface area contributed by atoms with E-state index in [-0.39, 0.29) is 12.0 Å². The van der Waals surface area contributed by atoms with Gasteiger partial charge in [-0.2, -0.15) is 0 Å². The zero-order valence-electron chi connectivity index (χ0n) is 10.3. The number of halogens is 1. The SMILES string of the molecule is CC(CNC(=O)C1(N)CC1)Oc1ccccc1Cl. The minimum Gasteiger partial charge on any atom is -0.487 e. The van der Waals surface area contributed by atoms with E-state index in [1.165, 1.54) is 0 Å². The number of hydrogen-bond acceptors (Lipinski definition) is 3. The van der Waals surface area contributed by atoms with Crippen molar-refractivity contribution in [3.05, 3.63) is 29.3 Å². The van der Waals surface area contributed by atoms with Gasteiger partial charge in [0.15, 0.2) is 0 Å². The van der Waals surface area contributed by atoms with Crippen molar-refractivity contribution in [2.45, 2.75) is 31.4 Å². The largest absolute Gasteiger partial charge is 0.487 e. The molecule has 1 fully saturated rings. The number of para-hydroxylation sites is 1. The van der Waals surface area contributed by atoms with Gasteiger partial charge < -0.3 is 15.8 Å². The lowest BCUT2D eigenvalue weighted by molar-refractivity contribution is -0.123. The number of nitrogens with one attached hydrogen (secondary N) is 1. The van der Waals surface area contributed by atoms with Crippen LogP contribution in [0.25, 0.3) is 0 Å². The van der Waals surface area contributed by atoms with Gasteiger partial charge in [-0.05, 0) is 31.9 Å². The molecule has 0 heterocycles. The molecule has 1 aromatic rings. The van der Waals surface area contributed by atoms with E-state index in [4.69, 9.17) is 22.1 Å². The van der Waals surface area contributed by atoms with E-state index in [2.05, 4.69) is 5.32 Å². The minimum atomic E-state index is -0.635. The Morgan fingerprint density at radius 3 is 2.83 bits per heavy atom. The van der Waals surface area contributed by atoms with Crippen LogP contribution in [0.15, 0.2) is 24.3 Å². The van der Waals surface area contributed by atoms with Gasteiger partial charge in [-0.1, -0.05) is 23.7 Å². The third-order valence-electron chi connectivity index (χ3n) is 2.96. The molecular formula is C13H17ClN2O2. The number of rotatable bonds is 5. The fraction of sp³-hybridized carbons (Fsp3) is 0.462. The topological polar surface area (TPSA) is 64.4 Å². The van der Waals surface area contributed by atoms with Gasteiger partial charge in [0.1, 0.15) is 11.9 Å². The predicted octanol–water partition coefficient (Wildman–Crippen LogP) is 1.71.